The Bertz CT molecular complexity index is 3140. The zero-order chi connectivity index (χ0) is 35.6. The van der Waals surface area contributed by atoms with Gasteiger partial charge in [0.05, 0.1) is 22.1 Å². The highest BCUT2D eigenvalue weighted by molar-refractivity contribution is 6.24. The van der Waals surface area contributed by atoms with Crippen molar-refractivity contribution in [3.8, 4) is 39.9 Å². The van der Waals surface area contributed by atoms with Crippen LogP contribution in [0.2, 0.25) is 0 Å². The molecule has 1 aliphatic rings. The summed E-state index contributed by atoms with van der Waals surface area (Å²) >= 11 is 0. The Morgan fingerprint density at radius 2 is 0.944 bits per heavy atom. The van der Waals surface area contributed by atoms with E-state index in [0.29, 0.717) is 22.8 Å². The van der Waals surface area contributed by atoms with Crippen LogP contribution in [0.4, 0.5) is 0 Å². The lowest BCUT2D eigenvalue weighted by Gasteiger charge is -2.17. The molecule has 0 saturated carbocycles. The first-order chi connectivity index (χ1) is 26.8. The molecule has 0 aliphatic heterocycles. The molecule has 0 amide bonds. The van der Waals surface area contributed by atoms with Crippen molar-refractivity contribution in [2.45, 2.75) is 12.8 Å². The molecule has 254 valence electrons. The molecular weight excluding hydrogens is 661 g/mol. The van der Waals surface area contributed by atoms with Crippen LogP contribution in [-0.2, 0) is 0 Å². The molecule has 11 rings (SSSR count). The van der Waals surface area contributed by atoms with Crippen molar-refractivity contribution >= 4 is 60.3 Å². The van der Waals surface area contributed by atoms with Crippen LogP contribution in [0.1, 0.15) is 12.8 Å². The van der Waals surface area contributed by atoms with Crippen LogP contribution in [0.5, 0.6) is 0 Å². The fourth-order valence-corrected chi connectivity index (χ4v) is 8.20. The first-order valence-electron chi connectivity index (χ1n) is 18.4. The van der Waals surface area contributed by atoms with Crippen LogP contribution in [0.15, 0.2) is 170 Å². The van der Waals surface area contributed by atoms with Gasteiger partial charge in [-0.15, -0.1) is 0 Å². The molecule has 4 aromatic heterocycles. The molecule has 0 spiro atoms. The van der Waals surface area contributed by atoms with Gasteiger partial charge in [0, 0.05) is 43.9 Å². The second kappa shape index (κ2) is 12.2. The van der Waals surface area contributed by atoms with Crippen LogP contribution in [0.25, 0.3) is 100 Å². The molecule has 0 bridgehead atoms. The van der Waals surface area contributed by atoms with E-state index in [-0.39, 0.29) is 0 Å². The average Bonchev–Trinajstić information content (AvgIpc) is 3.77. The van der Waals surface area contributed by atoms with Gasteiger partial charge in [0.25, 0.3) is 0 Å². The highest BCUT2D eigenvalue weighted by Gasteiger charge is 2.25. The van der Waals surface area contributed by atoms with Gasteiger partial charge in [-0.25, -0.2) is 19.9 Å². The fourth-order valence-electron chi connectivity index (χ4n) is 8.20. The van der Waals surface area contributed by atoms with Gasteiger partial charge in [-0.05, 0) is 31.1 Å². The van der Waals surface area contributed by atoms with Gasteiger partial charge >= 0.3 is 0 Å². The summed E-state index contributed by atoms with van der Waals surface area (Å²) in [7, 11) is 0. The van der Waals surface area contributed by atoms with Crippen LogP contribution in [0.3, 0.4) is 0 Å². The van der Waals surface area contributed by atoms with E-state index in [1.807, 2.05) is 54.6 Å². The number of hydrogen-bond acceptors (Lipinski definition) is 4. The normalized spacial score (nSPS) is 13.1. The number of aromatic nitrogens is 6. The summed E-state index contributed by atoms with van der Waals surface area (Å²) in [5.41, 5.74) is 11.5. The van der Waals surface area contributed by atoms with E-state index in [9.17, 15) is 0 Å². The lowest BCUT2D eigenvalue weighted by atomic mass is 10.1. The minimum atomic E-state index is 0.572. The summed E-state index contributed by atoms with van der Waals surface area (Å²) in [6, 6.07) is 52.7. The van der Waals surface area contributed by atoms with Gasteiger partial charge in [0.2, 0.25) is 5.95 Å². The number of para-hydroxylation sites is 2. The number of benzene rings is 6. The highest BCUT2D eigenvalue weighted by atomic mass is 15.2. The summed E-state index contributed by atoms with van der Waals surface area (Å²) in [6.45, 7) is 0. The number of rotatable bonds is 5. The Morgan fingerprint density at radius 1 is 0.426 bits per heavy atom. The fraction of sp³-hybridized carbons (Fsp3) is 0.0417. The van der Waals surface area contributed by atoms with Gasteiger partial charge in [-0.2, -0.15) is 0 Å². The van der Waals surface area contributed by atoms with E-state index in [4.69, 9.17) is 19.9 Å². The van der Waals surface area contributed by atoms with E-state index in [1.54, 1.807) is 0 Å². The maximum Gasteiger partial charge on any atom is 0.236 e. The van der Waals surface area contributed by atoms with Crippen molar-refractivity contribution in [1.82, 2.24) is 29.1 Å². The third-order valence-corrected chi connectivity index (χ3v) is 10.6. The van der Waals surface area contributed by atoms with E-state index >= 15 is 0 Å². The molecule has 54 heavy (non-hydrogen) atoms. The lowest BCUT2D eigenvalue weighted by molar-refractivity contribution is 0.974. The number of nitrogens with zero attached hydrogens (tertiary/aromatic N) is 6. The maximum atomic E-state index is 5.51. The van der Waals surface area contributed by atoms with Crippen molar-refractivity contribution in [2.75, 3.05) is 0 Å². The number of allylic oxidation sites excluding steroid dienone is 4. The van der Waals surface area contributed by atoms with Crippen molar-refractivity contribution in [3.63, 3.8) is 0 Å². The van der Waals surface area contributed by atoms with Gasteiger partial charge < -0.3 is 4.57 Å². The number of fused-ring (bicyclic) bond motifs is 8. The van der Waals surface area contributed by atoms with Crippen molar-refractivity contribution < 1.29 is 0 Å². The summed E-state index contributed by atoms with van der Waals surface area (Å²) in [4.78, 5) is 21.5. The first kappa shape index (κ1) is 30.4. The summed E-state index contributed by atoms with van der Waals surface area (Å²) < 4.78 is 4.74. The second-order valence-corrected chi connectivity index (χ2v) is 13.8. The van der Waals surface area contributed by atoms with Gasteiger partial charge in [-0.3, -0.25) is 4.57 Å². The summed E-state index contributed by atoms with van der Waals surface area (Å²) in [5, 5.41) is 4.72. The maximum absolute atomic E-state index is 5.51. The Morgan fingerprint density at radius 3 is 1.56 bits per heavy atom. The molecule has 0 N–H and O–H groups in total. The molecule has 0 fully saturated rings. The molecular formula is C48H32N6. The molecule has 6 nitrogen and oxygen atoms in total. The van der Waals surface area contributed by atoms with Crippen molar-refractivity contribution in [3.05, 3.63) is 170 Å². The molecule has 0 radical (unpaired) electrons. The largest absolute Gasteiger partial charge is 0.311 e. The summed E-state index contributed by atoms with van der Waals surface area (Å²) in [6.07, 6.45) is 8.64. The molecule has 0 unspecified atom stereocenters. The molecule has 6 aromatic carbocycles. The van der Waals surface area contributed by atoms with Crippen molar-refractivity contribution in [2.24, 2.45) is 0 Å². The van der Waals surface area contributed by atoms with Gasteiger partial charge in [0.1, 0.15) is 22.4 Å². The Kier molecular flexibility index (Phi) is 6.89. The van der Waals surface area contributed by atoms with Gasteiger partial charge in [0.15, 0.2) is 5.82 Å². The zero-order valence-electron chi connectivity index (χ0n) is 29.3. The molecule has 0 saturated heterocycles. The Hall–Kier alpha value is -7.18. The monoisotopic (exact) mass is 692 g/mol. The van der Waals surface area contributed by atoms with E-state index in [0.717, 1.165) is 68.2 Å². The minimum Gasteiger partial charge on any atom is -0.311 e. The zero-order valence-corrected chi connectivity index (χ0v) is 29.3. The SMILES string of the molecule is C1=CCCC(n2c3ccccc3c3ccc4c5ccccc5n(-c5nc(-c6ccccc6)c6nc(-c7ccccc7)nc(-c7ccccc7)c6n5)c4c32)=C1. The van der Waals surface area contributed by atoms with Crippen molar-refractivity contribution in [1.29, 1.82) is 0 Å². The first-order valence-corrected chi connectivity index (χ1v) is 18.4. The third-order valence-electron chi connectivity index (χ3n) is 10.6. The van der Waals surface area contributed by atoms with Crippen LogP contribution in [-0.4, -0.2) is 29.1 Å². The molecule has 4 heterocycles. The minimum absolute atomic E-state index is 0.572. The molecule has 0 atom stereocenters. The lowest BCUT2D eigenvalue weighted by Crippen LogP contribution is -2.07. The second-order valence-electron chi connectivity index (χ2n) is 13.8. The molecule has 6 heteroatoms. The van der Waals surface area contributed by atoms with E-state index < -0.39 is 0 Å². The molecule has 1 aliphatic carbocycles. The van der Waals surface area contributed by atoms with Gasteiger partial charge in [-0.1, -0.05) is 152 Å². The van der Waals surface area contributed by atoms with Crippen LogP contribution in [0, 0.1) is 0 Å². The summed E-state index contributed by atoms with van der Waals surface area (Å²) in [5.74, 6) is 1.20. The third kappa shape index (κ3) is 4.67. The van der Waals surface area contributed by atoms with E-state index in [2.05, 4.69) is 124 Å². The average molecular weight is 693 g/mol. The quantitative estimate of drug-likeness (QED) is 0.180. The molecule has 10 aromatic rings. The van der Waals surface area contributed by atoms with E-state index in [1.165, 1.54) is 22.0 Å². The predicted octanol–water partition coefficient (Wildman–Crippen LogP) is 11.8. The Labute approximate surface area is 311 Å². The highest BCUT2D eigenvalue weighted by Crippen LogP contribution is 2.43. The number of hydrogen-bond donors (Lipinski definition) is 0. The van der Waals surface area contributed by atoms with Crippen LogP contribution >= 0.6 is 0 Å². The topological polar surface area (TPSA) is 61.4 Å². The Balaban J connectivity index is 1.33. The smallest absolute Gasteiger partial charge is 0.236 e. The van der Waals surface area contributed by atoms with Crippen LogP contribution < -0.4 is 0 Å². The predicted molar refractivity (Wildman–Crippen MR) is 221 cm³/mol. The standard InChI is InChI=1S/C48H32N6/c1-5-17-31(18-6-1)41-44-43(50-47(49-41)33-21-9-3-10-22-33)42(32-19-7-2-8-20-32)51-48(52-44)54-40-28-16-14-26-36(40)38-30-29-37-35-25-13-15-27-39(35)53(45(37)46(38)54)34-23-11-4-12-24-34/h1-11,13-23,25-30H,12,24H2.